The lowest BCUT2D eigenvalue weighted by atomic mass is 10.1. The summed E-state index contributed by atoms with van der Waals surface area (Å²) in [5.74, 6) is 1.00. The monoisotopic (exact) mass is 315 g/mol. The molecule has 1 aromatic rings. The summed E-state index contributed by atoms with van der Waals surface area (Å²) in [5.41, 5.74) is 1.35. The van der Waals surface area contributed by atoms with Gasteiger partial charge in [0.15, 0.2) is 0 Å². The van der Waals surface area contributed by atoms with Crippen LogP contribution >= 0.6 is 0 Å². The molecule has 128 valence electrons. The van der Waals surface area contributed by atoms with E-state index in [2.05, 4.69) is 55.3 Å². The van der Waals surface area contributed by atoms with Crippen LogP contribution in [0, 0.1) is 0 Å². The molecule has 0 bridgehead atoms. The number of unbranched alkanes of at least 4 members (excludes halogenated alkanes) is 7. The fourth-order valence-electron chi connectivity index (χ4n) is 3.17. The van der Waals surface area contributed by atoms with Gasteiger partial charge in [-0.2, -0.15) is 0 Å². The summed E-state index contributed by atoms with van der Waals surface area (Å²) < 4.78 is 5.86. The molecular formula is C21H33NO. The molecule has 0 aliphatic carbocycles. The van der Waals surface area contributed by atoms with Gasteiger partial charge in [-0.15, -0.1) is 0 Å². The van der Waals surface area contributed by atoms with E-state index in [1.165, 1.54) is 56.9 Å². The molecule has 1 unspecified atom stereocenters. The number of hydrogen-bond donors (Lipinski definition) is 0. The minimum atomic E-state index is 0.428. The Morgan fingerprint density at radius 3 is 2.22 bits per heavy atom. The third-order valence-electron chi connectivity index (χ3n) is 4.67. The molecule has 0 N–H and O–H groups in total. The highest BCUT2D eigenvalue weighted by molar-refractivity contribution is 5.32. The molecule has 1 aliphatic heterocycles. The summed E-state index contributed by atoms with van der Waals surface area (Å²) in [7, 11) is 2.16. The molecule has 1 aromatic carbocycles. The summed E-state index contributed by atoms with van der Waals surface area (Å²) in [4.78, 5) is 2.34. The average Bonchev–Trinajstić information content (AvgIpc) is 3.00. The molecule has 1 aliphatic rings. The zero-order valence-electron chi connectivity index (χ0n) is 15.0. The highest BCUT2D eigenvalue weighted by Crippen LogP contribution is 2.26. The van der Waals surface area contributed by atoms with Gasteiger partial charge in [-0.25, -0.2) is 0 Å². The average molecular weight is 316 g/mol. The van der Waals surface area contributed by atoms with E-state index in [4.69, 9.17) is 4.74 Å². The second kappa shape index (κ2) is 10.5. The first-order chi connectivity index (χ1) is 11.3. The molecule has 0 amide bonds. The van der Waals surface area contributed by atoms with Gasteiger partial charge in [-0.3, -0.25) is 4.90 Å². The number of rotatable bonds is 11. The van der Waals surface area contributed by atoms with Crippen LogP contribution in [0.3, 0.4) is 0 Å². The first kappa shape index (κ1) is 18.1. The maximum atomic E-state index is 5.86. The second-order valence-corrected chi connectivity index (χ2v) is 6.70. The number of benzene rings is 1. The van der Waals surface area contributed by atoms with Crippen LogP contribution in [0.1, 0.15) is 69.9 Å². The minimum absolute atomic E-state index is 0.428. The van der Waals surface area contributed by atoms with E-state index in [1.807, 2.05) is 0 Å². The fourth-order valence-corrected chi connectivity index (χ4v) is 3.17. The van der Waals surface area contributed by atoms with E-state index in [-0.39, 0.29) is 0 Å². The number of likely N-dealkylation sites (N-methyl/N-ethyl adjacent to an activating group) is 1. The van der Waals surface area contributed by atoms with Crippen molar-refractivity contribution in [3.8, 4) is 5.75 Å². The van der Waals surface area contributed by atoms with Crippen molar-refractivity contribution in [2.45, 2.75) is 64.3 Å². The van der Waals surface area contributed by atoms with E-state index < -0.39 is 0 Å². The van der Waals surface area contributed by atoms with Crippen LogP contribution in [0.25, 0.3) is 0 Å². The highest BCUT2D eigenvalue weighted by atomic mass is 16.5. The van der Waals surface area contributed by atoms with Crippen LogP contribution in [-0.4, -0.2) is 25.1 Å². The van der Waals surface area contributed by atoms with Crippen molar-refractivity contribution in [3.63, 3.8) is 0 Å². The molecule has 2 heteroatoms. The van der Waals surface area contributed by atoms with Gasteiger partial charge in [-0.05, 0) is 31.2 Å². The SMILES string of the molecule is CCCCCCCCCCOc1ccc(C2C=CCN2C)cc1. The molecule has 1 atom stereocenters. The lowest BCUT2D eigenvalue weighted by molar-refractivity contribution is 0.303. The molecule has 23 heavy (non-hydrogen) atoms. The van der Waals surface area contributed by atoms with Crippen molar-refractivity contribution in [2.75, 3.05) is 20.2 Å². The van der Waals surface area contributed by atoms with Gasteiger partial charge in [0.25, 0.3) is 0 Å². The Morgan fingerprint density at radius 1 is 0.957 bits per heavy atom. The van der Waals surface area contributed by atoms with Crippen molar-refractivity contribution in [2.24, 2.45) is 0 Å². The Labute approximate surface area is 142 Å². The third kappa shape index (κ3) is 6.39. The number of ether oxygens (including phenoxy) is 1. The standard InChI is InChI=1S/C21H33NO/c1-3-4-5-6-7-8-9-10-18-23-20-15-13-19(14-16-20)21-12-11-17-22(21)2/h11-16,21H,3-10,17-18H2,1-2H3. The largest absolute Gasteiger partial charge is 0.494 e. The maximum Gasteiger partial charge on any atom is 0.119 e. The van der Waals surface area contributed by atoms with Gasteiger partial charge in [-0.1, -0.05) is 76.2 Å². The fraction of sp³-hybridized carbons (Fsp3) is 0.619. The lowest BCUT2D eigenvalue weighted by Gasteiger charge is -2.19. The normalized spacial score (nSPS) is 17.7. The summed E-state index contributed by atoms with van der Waals surface area (Å²) >= 11 is 0. The molecule has 1 heterocycles. The van der Waals surface area contributed by atoms with Gasteiger partial charge >= 0.3 is 0 Å². The van der Waals surface area contributed by atoms with Crippen molar-refractivity contribution < 1.29 is 4.74 Å². The van der Waals surface area contributed by atoms with Crippen molar-refractivity contribution >= 4 is 0 Å². The zero-order chi connectivity index (χ0) is 16.3. The van der Waals surface area contributed by atoms with Crippen molar-refractivity contribution in [1.82, 2.24) is 4.90 Å². The summed E-state index contributed by atoms with van der Waals surface area (Å²) in [6, 6.07) is 9.04. The first-order valence-electron chi connectivity index (χ1n) is 9.41. The predicted octanol–water partition coefficient (Wildman–Crippen LogP) is 5.75. The number of nitrogens with zero attached hydrogens (tertiary/aromatic N) is 1. The predicted molar refractivity (Wildman–Crippen MR) is 99.1 cm³/mol. The minimum Gasteiger partial charge on any atom is -0.494 e. The molecule has 0 saturated carbocycles. The summed E-state index contributed by atoms with van der Waals surface area (Å²) in [6.07, 6.45) is 15.2. The van der Waals surface area contributed by atoms with E-state index in [0.717, 1.165) is 18.9 Å². The molecule has 0 saturated heterocycles. The molecular weight excluding hydrogens is 282 g/mol. The van der Waals surface area contributed by atoms with E-state index in [9.17, 15) is 0 Å². The highest BCUT2D eigenvalue weighted by Gasteiger charge is 2.16. The molecule has 0 aromatic heterocycles. The second-order valence-electron chi connectivity index (χ2n) is 6.70. The van der Waals surface area contributed by atoms with Gasteiger partial charge in [0.2, 0.25) is 0 Å². The lowest BCUT2D eigenvalue weighted by Crippen LogP contribution is -2.18. The van der Waals surface area contributed by atoms with E-state index in [1.54, 1.807) is 0 Å². The van der Waals surface area contributed by atoms with Crippen LogP contribution in [0.5, 0.6) is 5.75 Å². The Hall–Kier alpha value is -1.28. The van der Waals surface area contributed by atoms with Crippen LogP contribution in [0.2, 0.25) is 0 Å². The van der Waals surface area contributed by atoms with Crippen molar-refractivity contribution in [3.05, 3.63) is 42.0 Å². The Kier molecular flexibility index (Phi) is 8.24. The molecule has 0 spiro atoms. The van der Waals surface area contributed by atoms with Gasteiger partial charge < -0.3 is 4.74 Å². The van der Waals surface area contributed by atoms with Crippen LogP contribution in [0.4, 0.5) is 0 Å². The molecule has 2 nitrogen and oxygen atoms in total. The first-order valence-corrected chi connectivity index (χ1v) is 9.41. The van der Waals surface area contributed by atoms with Crippen LogP contribution in [-0.2, 0) is 0 Å². The Morgan fingerprint density at radius 2 is 1.61 bits per heavy atom. The van der Waals surface area contributed by atoms with Gasteiger partial charge in [0.1, 0.15) is 5.75 Å². The van der Waals surface area contributed by atoms with Gasteiger partial charge in [0, 0.05) is 6.54 Å². The van der Waals surface area contributed by atoms with E-state index in [0.29, 0.717) is 6.04 Å². The van der Waals surface area contributed by atoms with Crippen LogP contribution < -0.4 is 4.74 Å². The van der Waals surface area contributed by atoms with Gasteiger partial charge in [0.05, 0.1) is 12.6 Å². The van der Waals surface area contributed by atoms with E-state index >= 15 is 0 Å². The number of hydrogen-bond acceptors (Lipinski definition) is 2. The summed E-state index contributed by atoms with van der Waals surface area (Å²) in [5, 5.41) is 0. The van der Waals surface area contributed by atoms with Crippen LogP contribution in [0.15, 0.2) is 36.4 Å². The molecule has 0 fully saturated rings. The Balaban J connectivity index is 1.57. The Bertz CT molecular complexity index is 451. The van der Waals surface area contributed by atoms with Crippen molar-refractivity contribution in [1.29, 1.82) is 0 Å². The molecule has 2 rings (SSSR count). The molecule has 0 radical (unpaired) electrons. The third-order valence-corrected chi connectivity index (χ3v) is 4.67. The summed E-state index contributed by atoms with van der Waals surface area (Å²) in [6.45, 7) is 4.16. The smallest absolute Gasteiger partial charge is 0.119 e. The maximum absolute atomic E-state index is 5.86. The zero-order valence-corrected chi connectivity index (χ0v) is 15.0. The topological polar surface area (TPSA) is 12.5 Å². The quantitative estimate of drug-likeness (QED) is 0.381.